The Bertz CT molecular complexity index is 349. The van der Waals surface area contributed by atoms with E-state index in [0.717, 1.165) is 32.7 Å². The first-order chi connectivity index (χ1) is 9.36. The van der Waals surface area contributed by atoms with Crippen LogP contribution >= 0.6 is 0 Å². The molecule has 1 N–H and O–H groups in total. The summed E-state index contributed by atoms with van der Waals surface area (Å²) in [6, 6.07) is 10.9. The van der Waals surface area contributed by atoms with Crippen LogP contribution in [0.25, 0.3) is 0 Å². The molecule has 1 aliphatic heterocycles. The Morgan fingerprint density at radius 3 is 2.53 bits per heavy atom. The van der Waals surface area contributed by atoms with Gasteiger partial charge in [-0.25, -0.2) is 0 Å². The Morgan fingerprint density at radius 2 is 1.95 bits per heavy atom. The monoisotopic (exact) mass is 263 g/mol. The van der Waals surface area contributed by atoms with Crippen molar-refractivity contribution in [3.63, 3.8) is 0 Å². The predicted molar refractivity (Wildman–Crippen MR) is 77.2 cm³/mol. The Hall–Kier alpha value is -0.900. The van der Waals surface area contributed by atoms with Crippen LogP contribution < -0.4 is 5.32 Å². The summed E-state index contributed by atoms with van der Waals surface area (Å²) in [6.45, 7) is 4.54. The van der Waals surface area contributed by atoms with Crippen molar-refractivity contribution >= 4 is 0 Å². The SMILES string of the molecule is CCOC(c1ccccc1)C(NC)C1CCOCC1. The molecule has 1 aromatic rings. The van der Waals surface area contributed by atoms with Gasteiger partial charge in [-0.1, -0.05) is 30.3 Å². The van der Waals surface area contributed by atoms with Crippen molar-refractivity contribution in [3.05, 3.63) is 35.9 Å². The lowest BCUT2D eigenvalue weighted by atomic mass is 9.85. The molecule has 0 bridgehead atoms. The molecule has 0 aliphatic carbocycles. The Kier molecular flexibility index (Phi) is 5.83. The predicted octanol–water partition coefficient (Wildman–Crippen LogP) is 2.78. The van der Waals surface area contributed by atoms with E-state index in [1.807, 2.05) is 7.05 Å². The standard InChI is InChI=1S/C16H25NO2/c1-3-19-16(14-7-5-4-6-8-14)15(17-2)13-9-11-18-12-10-13/h4-8,13,15-17H,3,9-12H2,1-2H3. The van der Waals surface area contributed by atoms with E-state index >= 15 is 0 Å². The van der Waals surface area contributed by atoms with Gasteiger partial charge >= 0.3 is 0 Å². The van der Waals surface area contributed by atoms with Crippen molar-refractivity contribution in [1.29, 1.82) is 0 Å². The lowest BCUT2D eigenvalue weighted by Gasteiger charge is -2.35. The Balaban J connectivity index is 2.15. The molecule has 1 fully saturated rings. The van der Waals surface area contributed by atoms with Crippen molar-refractivity contribution in [2.24, 2.45) is 5.92 Å². The van der Waals surface area contributed by atoms with Crippen LogP contribution in [0, 0.1) is 5.92 Å². The fourth-order valence-corrected chi connectivity index (χ4v) is 2.94. The summed E-state index contributed by atoms with van der Waals surface area (Å²) in [7, 11) is 2.04. The maximum absolute atomic E-state index is 6.03. The van der Waals surface area contributed by atoms with Gasteiger partial charge in [0.25, 0.3) is 0 Å². The van der Waals surface area contributed by atoms with E-state index in [-0.39, 0.29) is 6.10 Å². The fraction of sp³-hybridized carbons (Fsp3) is 0.625. The number of ether oxygens (including phenoxy) is 2. The molecule has 0 aromatic heterocycles. The molecule has 19 heavy (non-hydrogen) atoms. The van der Waals surface area contributed by atoms with E-state index in [9.17, 15) is 0 Å². The van der Waals surface area contributed by atoms with Crippen LogP contribution in [-0.4, -0.2) is 32.9 Å². The summed E-state index contributed by atoms with van der Waals surface area (Å²) in [5, 5.41) is 3.47. The number of likely N-dealkylation sites (N-methyl/N-ethyl adjacent to an activating group) is 1. The summed E-state index contributed by atoms with van der Waals surface area (Å²) < 4.78 is 11.5. The molecule has 0 spiro atoms. The van der Waals surface area contributed by atoms with Gasteiger partial charge in [-0.15, -0.1) is 0 Å². The molecule has 0 saturated carbocycles. The number of nitrogens with one attached hydrogen (secondary N) is 1. The van der Waals surface area contributed by atoms with E-state index in [1.165, 1.54) is 5.56 Å². The van der Waals surface area contributed by atoms with E-state index in [2.05, 4.69) is 42.6 Å². The van der Waals surface area contributed by atoms with E-state index in [1.54, 1.807) is 0 Å². The first-order valence-corrected chi connectivity index (χ1v) is 7.28. The zero-order valence-corrected chi connectivity index (χ0v) is 12.0. The average molecular weight is 263 g/mol. The number of hydrogen-bond donors (Lipinski definition) is 1. The Morgan fingerprint density at radius 1 is 1.26 bits per heavy atom. The molecule has 1 aliphatic rings. The van der Waals surface area contributed by atoms with Crippen LogP contribution in [0.15, 0.2) is 30.3 Å². The van der Waals surface area contributed by atoms with Crippen LogP contribution in [0.2, 0.25) is 0 Å². The highest BCUT2D eigenvalue weighted by Gasteiger charge is 2.31. The van der Waals surface area contributed by atoms with Crippen LogP contribution in [0.4, 0.5) is 0 Å². The van der Waals surface area contributed by atoms with Crippen LogP contribution in [-0.2, 0) is 9.47 Å². The number of hydrogen-bond acceptors (Lipinski definition) is 3. The summed E-state index contributed by atoms with van der Waals surface area (Å²) in [6.07, 6.45) is 2.35. The molecule has 0 amide bonds. The van der Waals surface area contributed by atoms with Crippen molar-refractivity contribution in [2.45, 2.75) is 31.9 Å². The van der Waals surface area contributed by atoms with Gasteiger partial charge < -0.3 is 14.8 Å². The average Bonchev–Trinajstić information content (AvgIpc) is 2.49. The molecule has 2 unspecified atom stereocenters. The maximum Gasteiger partial charge on any atom is 0.0980 e. The second-order valence-corrected chi connectivity index (χ2v) is 5.05. The number of benzene rings is 1. The highest BCUT2D eigenvalue weighted by Crippen LogP contribution is 2.30. The minimum Gasteiger partial charge on any atom is -0.381 e. The van der Waals surface area contributed by atoms with Gasteiger partial charge in [0.15, 0.2) is 0 Å². The summed E-state index contributed by atoms with van der Waals surface area (Å²) >= 11 is 0. The first-order valence-electron chi connectivity index (χ1n) is 7.28. The molecular weight excluding hydrogens is 238 g/mol. The quantitative estimate of drug-likeness (QED) is 0.856. The van der Waals surface area contributed by atoms with E-state index < -0.39 is 0 Å². The largest absolute Gasteiger partial charge is 0.381 e. The second kappa shape index (κ2) is 7.63. The molecule has 3 heteroatoms. The van der Waals surface area contributed by atoms with Gasteiger partial charge in [-0.3, -0.25) is 0 Å². The van der Waals surface area contributed by atoms with Gasteiger partial charge in [0.2, 0.25) is 0 Å². The molecule has 2 rings (SSSR count). The lowest BCUT2D eigenvalue weighted by molar-refractivity contribution is -0.0117. The summed E-state index contributed by atoms with van der Waals surface area (Å²) in [5.41, 5.74) is 1.26. The Labute approximate surface area is 116 Å². The molecule has 1 saturated heterocycles. The molecule has 0 radical (unpaired) electrons. The van der Waals surface area contributed by atoms with Crippen LogP contribution in [0.3, 0.4) is 0 Å². The maximum atomic E-state index is 6.03. The number of rotatable bonds is 6. The summed E-state index contributed by atoms with van der Waals surface area (Å²) in [4.78, 5) is 0. The molecule has 106 valence electrons. The van der Waals surface area contributed by atoms with Crippen molar-refractivity contribution in [2.75, 3.05) is 26.9 Å². The second-order valence-electron chi connectivity index (χ2n) is 5.05. The van der Waals surface area contributed by atoms with Crippen molar-refractivity contribution in [3.8, 4) is 0 Å². The van der Waals surface area contributed by atoms with Crippen molar-refractivity contribution < 1.29 is 9.47 Å². The fourth-order valence-electron chi connectivity index (χ4n) is 2.94. The molecule has 1 heterocycles. The third kappa shape index (κ3) is 3.78. The van der Waals surface area contributed by atoms with Gasteiger partial charge in [0, 0.05) is 25.9 Å². The molecule has 1 aromatic carbocycles. The van der Waals surface area contributed by atoms with Crippen molar-refractivity contribution in [1.82, 2.24) is 5.32 Å². The van der Waals surface area contributed by atoms with Gasteiger partial charge in [-0.2, -0.15) is 0 Å². The normalized spacial score (nSPS) is 20.1. The molecule has 2 atom stereocenters. The summed E-state index contributed by atoms with van der Waals surface area (Å²) in [5.74, 6) is 0.621. The molecular formula is C16H25NO2. The topological polar surface area (TPSA) is 30.5 Å². The van der Waals surface area contributed by atoms with Gasteiger partial charge in [0.05, 0.1) is 6.10 Å². The van der Waals surface area contributed by atoms with E-state index in [4.69, 9.17) is 9.47 Å². The third-order valence-electron chi connectivity index (χ3n) is 3.91. The highest BCUT2D eigenvalue weighted by molar-refractivity contribution is 5.19. The minimum atomic E-state index is 0.124. The highest BCUT2D eigenvalue weighted by atomic mass is 16.5. The van der Waals surface area contributed by atoms with Gasteiger partial charge in [0.1, 0.15) is 0 Å². The van der Waals surface area contributed by atoms with Gasteiger partial charge in [-0.05, 0) is 38.3 Å². The lowest BCUT2D eigenvalue weighted by Crippen LogP contribution is -2.42. The van der Waals surface area contributed by atoms with Crippen LogP contribution in [0.5, 0.6) is 0 Å². The zero-order valence-electron chi connectivity index (χ0n) is 12.0. The third-order valence-corrected chi connectivity index (χ3v) is 3.91. The minimum absolute atomic E-state index is 0.124. The zero-order chi connectivity index (χ0) is 13.5. The van der Waals surface area contributed by atoms with Crippen LogP contribution in [0.1, 0.15) is 31.4 Å². The van der Waals surface area contributed by atoms with E-state index in [0.29, 0.717) is 12.0 Å². The first kappa shape index (κ1) is 14.5. The smallest absolute Gasteiger partial charge is 0.0980 e. The molecule has 3 nitrogen and oxygen atoms in total.